The summed E-state index contributed by atoms with van der Waals surface area (Å²) in [7, 11) is 0. The molecule has 2 rings (SSSR count). The van der Waals surface area contributed by atoms with Crippen LogP contribution in [0.5, 0.6) is 0 Å². The lowest BCUT2D eigenvalue weighted by Crippen LogP contribution is -2.29. The molecule has 1 aliphatic rings. The van der Waals surface area contributed by atoms with E-state index in [4.69, 9.17) is 5.26 Å². The average molecular weight is 213 g/mol. The molecule has 3 nitrogen and oxygen atoms in total. The maximum absolute atomic E-state index is 12.6. The van der Waals surface area contributed by atoms with Crippen molar-refractivity contribution >= 4 is 6.08 Å². The monoisotopic (exact) mass is 213 g/mol. The van der Waals surface area contributed by atoms with Gasteiger partial charge in [-0.15, -0.1) is 0 Å². The van der Waals surface area contributed by atoms with Gasteiger partial charge in [-0.3, -0.25) is 0 Å². The molecule has 1 atom stereocenters. The van der Waals surface area contributed by atoms with E-state index in [-0.39, 0.29) is 17.9 Å². The maximum atomic E-state index is 12.6. The molecular formula is C9H6F3N3. The highest BCUT2D eigenvalue weighted by molar-refractivity contribution is 5.46. The zero-order valence-electron chi connectivity index (χ0n) is 7.49. The minimum atomic E-state index is -4.36. The third-order valence-corrected chi connectivity index (χ3v) is 2.26. The number of halogens is 3. The van der Waals surface area contributed by atoms with Crippen molar-refractivity contribution in [2.24, 2.45) is 0 Å². The Kier molecular flexibility index (Phi) is 2.03. The first-order valence-electron chi connectivity index (χ1n) is 4.24. The minimum absolute atomic E-state index is 0.0586. The van der Waals surface area contributed by atoms with Crippen LogP contribution in [0, 0.1) is 11.3 Å². The van der Waals surface area contributed by atoms with Crippen LogP contribution in [0.3, 0.4) is 0 Å². The molecule has 1 aromatic rings. The van der Waals surface area contributed by atoms with E-state index in [1.807, 2.05) is 0 Å². The lowest BCUT2D eigenvalue weighted by molar-refractivity contribution is -0.167. The fraction of sp³-hybridized carbons (Fsp3) is 0.333. The van der Waals surface area contributed by atoms with Crippen molar-refractivity contribution in [3.8, 4) is 6.07 Å². The van der Waals surface area contributed by atoms with Crippen LogP contribution < -0.4 is 0 Å². The Balaban J connectivity index is 2.55. The standard InChI is InChI=1S/C9H6F3N3/c10-9(11,12)7-2-1-3-8-14-5-6(4-13)15(7)8/h1,3,5,7H,2H2. The minimum Gasteiger partial charge on any atom is -0.304 e. The topological polar surface area (TPSA) is 41.6 Å². The molecular weight excluding hydrogens is 207 g/mol. The molecule has 0 fully saturated rings. The molecule has 6 heteroatoms. The molecule has 0 aliphatic carbocycles. The molecule has 0 saturated carbocycles. The Morgan fingerprint density at radius 2 is 2.27 bits per heavy atom. The first-order chi connectivity index (χ1) is 7.04. The number of hydrogen-bond acceptors (Lipinski definition) is 2. The van der Waals surface area contributed by atoms with Crippen LogP contribution in [-0.4, -0.2) is 15.7 Å². The Morgan fingerprint density at radius 1 is 1.53 bits per heavy atom. The highest BCUT2D eigenvalue weighted by atomic mass is 19.4. The van der Waals surface area contributed by atoms with Gasteiger partial charge in [-0.25, -0.2) is 4.98 Å². The third kappa shape index (κ3) is 1.50. The van der Waals surface area contributed by atoms with Crippen molar-refractivity contribution in [1.29, 1.82) is 5.26 Å². The van der Waals surface area contributed by atoms with Crippen molar-refractivity contribution in [1.82, 2.24) is 9.55 Å². The number of allylic oxidation sites excluding steroid dienone is 1. The summed E-state index contributed by atoms with van der Waals surface area (Å²) in [5.74, 6) is 0.181. The lowest BCUT2D eigenvalue weighted by atomic mass is 10.1. The Labute approximate surface area is 83.5 Å². The predicted molar refractivity (Wildman–Crippen MR) is 45.7 cm³/mol. The van der Waals surface area contributed by atoms with Crippen molar-refractivity contribution in [3.05, 3.63) is 23.8 Å². The van der Waals surface area contributed by atoms with Crippen LogP contribution in [0.1, 0.15) is 24.0 Å². The second-order valence-corrected chi connectivity index (χ2v) is 3.18. The summed E-state index contributed by atoms with van der Waals surface area (Å²) in [5, 5.41) is 8.66. The summed E-state index contributed by atoms with van der Waals surface area (Å²) < 4.78 is 38.8. The molecule has 0 N–H and O–H groups in total. The van der Waals surface area contributed by atoms with Gasteiger partial charge in [0, 0.05) is 0 Å². The predicted octanol–water partition coefficient (Wildman–Crippen LogP) is 2.28. The lowest BCUT2D eigenvalue weighted by Gasteiger charge is -2.24. The molecule has 0 saturated heterocycles. The summed E-state index contributed by atoms with van der Waals surface area (Å²) in [6.07, 6.45) is -0.443. The summed E-state index contributed by atoms with van der Waals surface area (Å²) in [6.45, 7) is 0. The van der Waals surface area contributed by atoms with Crippen LogP contribution in [0.2, 0.25) is 0 Å². The highest BCUT2D eigenvalue weighted by Gasteiger charge is 2.43. The van der Waals surface area contributed by atoms with E-state index in [0.29, 0.717) is 0 Å². The van der Waals surface area contributed by atoms with Crippen LogP contribution in [-0.2, 0) is 0 Å². The van der Waals surface area contributed by atoms with Gasteiger partial charge >= 0.3 is 6.18 Å². The molecule has 15 heavy (non-hydrogen) atoms. The molecule has 0 amide bonds. The van der Waals surface area contributed by atoms with E-state index in [1.165, 1.54) is 12.2 Å². The highest BCUT2D eigenvalue weighted by Crippen LogP contribution is 2.37. The van der Waals surface area contributed by atoms with Gasteiger partial charge in [0.1, 0.15) is 23.6 Å². The number of aromatic nitrogens is 2. The zero-order valence-corrected chi connectivity index (χ0v) is 7.49. The first-order valence-corrected chi connectivity index (χ1v) is 4.24. The van der Waals surface area contributed by atoms with E-state index < -0.39 is 12.2 Å². The van der Waals surface area contributed by atoms with Crippen molar-refractivity contribution in [3.63, 3.8) is 0 Å². The average Bonchev–Trinajstić information content (AvgIpc) is 2.58. The molecule has 1 aromatic heterocycles. The number of alkyl halides is 3. The molecule has 78 valence electrons. The Morgan fingerprint density at radius 3 is 2.87 bits per heavy atom. The molecule has 2 heterocycles. The summed E-state index contributed by atoms with van der Waals surface area (Å²) in [6, 6.07) is 0.0321. The van der Waals surface area contributed by atoms with Gasteiger partial charge in [-0.2, -0.15) is 18.4 Å². The number of fused-ring (bicyclic) bond motifs is 1. The van der Waals surface area contributed by atoms with Gasteiger partial charge in [0.15, 0.2) is 0 Å². The van der Waals surface area contributed by atoms with E-state index in [2.05, 4.69) is 4.98 Å². The summed E-state index contributed by atoms with van der Waals surface area (Å²) in [4.78, 5) is 3.74. The first kappa shape index (κ1) is 9.77. The molecule has 0 bridgehead atoms. The second kappa shape index (κ2) is 3.12. The number of nitrogens with zero attached hydrogens (tertiary/aromatic N) is 3. The Hall–Kier alpha value is -1.77. The molecule has 0 spiro atoms. The van der Waals surface area contributed by atoms with Gasteiger partial charge in [-0.05, 0) is 12.5 Å². The van der Waals surface area contributed by atoms with Crippen LogP contribution in [0.4, 0.5) is 13.2 Å². The van der Waals surface area contributed by atoms with Gasteiger partial charge in [-0.1, -0.05) is 6.08 Å². The molecule has 1 unspecified atom stereocenters. The second-order valence-electron chi connectivity index (χ2n) is 3.18. The Bertz CT molecular complexity index is 450. The molecule has 1 aliphatic heterocycles. The van der Waals surface area contributed by atoms with Gasteiger partial charge in [0.2, 0.25) is 0 Å². The van der Waals surface area contributed by atoms with Gasteiger partial charge < -0.3 is 4.57 Å². The fourth-order valence-electron chi connectivity index (χ4n) is 1.60. The smallest absolute Gasteiger partial charge is 0.304 e. The van der Waals surface area contributed by atoms with E-state index in [9.17, 15) is 13.2 Å². The SMILES string of the molecule is N#Cc1cnc2n1C(C(F)(F)F)CC=C2. The third-order valence-electron chi connectivity index (χ3n) is 2.26. The largest absolute Gasteiger partial charge is 0.409 e. The van der Waals surface area contributed by atoms with Crippen molar-refractivity contribution in [2.75, 3.05) is 0 Å². The fourth-order valence-corrected chi connectivity index (χ4v) is 1.60. The van der Waals surface area contributed by atoms with E-state index in [1.54, 1.807) is 6.07 Å². The maximum Gasteiger partial charge on any atom is 0.409 e. The number of hydrogen-bond donors (Lipinski definition) is 0. The summed E-state index contributed by atoms with van der Waals surface area (Å²) >= 11 is 0. The summed E-state index contributed by atoms with van der Waals surface area (Å²) in [5.41, 5.74) is -0.0586. The number of nitriles is 1. The number of imidazole rings is 1. The van der Waals surface area contributed by atoms with Crippen LogP contribution >= 0.6 is 0 Å². The van der Waals surface area contributed by atoms with Crippen molar-refractivity contribution in [2.45, 2.75) is 18.6 Å². The quantitative estimate of drug-likeness (QED) is 0.663. The zero-order chi connectivity index (χ0) is 11.1. The molecule has 0 aromatic carbocycles. The number of rotatable bonds is 0. The van der Waals surface area contributed by atoms with Gasteiger partial charge in [0.25, 0.3) is 0 Å². The van der Waals surface area contributed by atoms with Crippen LogP contribution in [0.15, 0.2) is 12.3 Å². The van der Waals surface area contributed by atoms with Crippen LogP contribution in [0.25, 0.3) is 6.08 Å². The van der Waals surface area contributed by atoms with Crippen molar-refractivity contribution < 1.29 is 13.2 Å². The normalized spacial score (nSPS) is 19.7. The van der Waals surface area contributed by atoms with E-state index in [0.717, 1.165) is 10.8 Å². The van der Waals surface area contributed by atoms with Gasteiger partial charge in [0.05, 0.1) is 6.20 Å². The molecule has 0 radical (unpaired) electrons. The van der Waals surface area contributed by atoms with E-state index >= 15 is 0 Å².